The lowest BCUT2D eigenvalue weighted by atomic mass is 9.93. The summed E-state index contributed by atoms with van der Waals surface area (Å²) in [7, 11) is 1.29. The van der Waals surface area contributed by atoms with Gasteiger partial charge >= 0.3 is 5.97 Å². The number of carboxylic acids is 1. The largest absolute Gasteiger partial charge is 0.477 e. The molecule has 2 aromatic rings. The molecule has 15 heteroatoms. The van der Waals surface area contributed by atoms with Crippen molar-refractivity contribution >= 4 is 74.8 Å². The van der Waals surface area contributed by atoms with Crippen molar-refractivity contribution in [2.24, 2.45) is 5.16 Å². The highest BCUT2D eigenvalue weighted by Gasteiger charge is 2.54. The van der Waals surface area contributed by atoms with Gasteiger partial charge in [0, 0.05) is 27.7 Å². The van der Waals surface area contributed by atoms with Crippen molar-refractivity contribution in [1.29, 1.82) is 0 Å². The average molecular weight is 569 g/mol. The van der Waals surface area contributed by atoms with Crippen LogP contribution < -0.4 is 11.1 Å². The van der Waals surface area contributed by atoms with Crippen molar-refractivity contribution in [3.63, 3.8) is 0 Å². The van der Waals surface area contributed by atoms with Gasteiger partial charge in [-0.3, -0.25) is 14.5 Å². The molecule has 0 saturated carbocycles. The lowest BCUT2D eigenvalue weighted by molar-refractivity contribution is -0.150. The smallest absolute Gasteiger partial charge is 0.352 e. The molecule has 2 aliphatic rings. The van der Waals surface area contributed by atoms with Gasteiger partial charge in [0.1, 0.15) is 34.3 Å². The summed E-state index contributed by atoms with van der Waals surface area (Å²) in [5.41, 5.74) is 7.26. The zero-order valence-electron chi connectivity index (χ0n) is 19.8. The molecule has 0 radical (unpaired) electrons. The number of nitrogens with two attached hydrogens (primary N) is 1. The Bertz CT molecular complexity index is 1260. The third-order valence-corrected chi connectivity index (χ3v) is 9.44. The Kier molecular flexibility index (Phi) is 7.64. The number of thioether (sulfide) groups is 2. The summed E-state index contributed by atoms with van der Waals surface area (Å²) >= 11 is 5.51. The number of fused-ring (bicyclic) bond motifs is 1. The van der Waals surface area contributed by atoms with E-state index in [1.807, 2.05) is 5.38 Å². The SMILES string of the molecule is CON=C(C(=O)NC1C(=O)N2C(C(=O)O)=C(CSc3nc(C(C)(C)C)cs3)CS[C@@H]12)c1csc(N)n1. The molecule has 2 aromatic heterocycles. The number of aliphatic carboxylic acids is 1. The first-order chi connectivity index (χ1) is 17.0. The van der Waals surface area contributed by atoms with Gasteiger partial charge in [-0.15, -0.1) is 34.4 Å². The van der Waals surface area contributed by atoms with E-state index in [0.29, 0.717) is 17.1 Å². The summed E-state index contributed by atoms with van der Waals surface area (Å²) in [5, 5.41) is 19.5. The molecule has 4 rings (SSSR count). The minimum absolute atomic E-state index is 0.0348. The molecule has 0 aliphatic carbocycles. The van der Waals surface area contributed by atoms with E-state index >= 15 is 0 Å². The van der Waals surface area contributed by atoms with Gasteiger partial charge in [0.05, 0.1) is 5.69 Å². The predicted octanol–water partition coefficient (Wildman–Crippen LogP) is 2.36. The van der Waals surface area contributed by atoms with E-state index in [1.165, 1.54) is 46.9 Å². The van der Waals surface area contributed by atoms with Crippen molar-refractivity contribution < 1.29 is 24.3 Å². The van der Waals surface area contributed by atoms with E-state index in [2.05, 4.69) is 41.2 Å². The number of carbonyl (C=O) groups excluding carboxylic acids is 2. The van der Waals surface area contributed by atoms with Crippen LogP contribution in [0.5, 0.6) is 0 Å². The maximum Gasteiger partial charge on any atom is 0.352 e. The van der Waals surface area contributed by atoms with E-state index in [-0.39, 0.29) is 27.6 Å². The Labute approximate surface area is 223 Å². The van der Waals surface area contributed by atoms with Crippen molar-refractivity contribution in [2.75, 3.05) is 24.3 Å². The zero-order valence-corrected chi connectivity index (χ0v) is 23.1. The number of oxime groups is 1. The van der Waals surface area contributed by atoms with Crippen molar-refractivity contribution in [3.05, 3.63) is 33.4 Å². The summed E-state index contributed by atoms with van der Waals surface area (Å²) in [6, 6.07) is -0.905. The Balaban J connectivity index is 1.47. The second-order valence-electron chi connectivity index (χ2n) is 8.85. The molecule has 36 heavy (non-hydrogen) atoms. The second-order valence-corrected chi connectivity index (χ2v) is 12.9. The number of nitrogens with one attached hydrogen (secondary N) is 1. The molecule has 0 bridgehead atoms. The first-order valence-corrected chi connectivity index (χ1v) is 14.4. The van der Waals surface area contributed by atoms with Gasteiger partial charge in [-0.2, -0.15) is 0 Å². The molecule has 0 spiro atoms. The molecule has 1 fully saturated rings. The van der Waals surface area contributed by atoms with E-state index in [4.69, 9.17) is 10.6 Å². The molecule has 192 valence electrons. The average Bonchev–Trinajstić information content (AvgIpc) is 3.47. The van der Waals surface area contributed by atoms with Crippen LogP contribution in [0.4, 0.5) is 5.13 Å². The van der Waals surface area contributed by atoms with Crippen molar-refractivity contribution in [1.82, 2.24) is 20.2 Å². The van der Waals surface area contributed by atoms with Gasteiger partial charge in [0.2, 0.25) is 0 Å². The lowest BCUT2D eigenvalue weighted by Crippen LogP contribution is -2.71. The Hall–Kier alpha value is -2.62. The molecule has 4 N–H and O–H groups in total. The summed E-state index contributed by atoms with van der Waals surface area (Å²) in [6.07, 6.45) is 0. The summed E-state index contributed by atoms with van der Waals surface area (Å²) in [6.45, 7) is 6.25. The van der Waals surface area contributed by atoms with Crippen LogP contribution in [0.1, 0.15) is 32.2 Å². The Morgan fingerprint density at radius 1 is 1.33 bits per heavy atom. The minimum Gasteiger partial charge on any atom is -0.477 e. The molecule has 4 heterocycles. The fourth-order valence-corrected chi connectivity index (χ4v) is 7.60. The number of rotatable bonds is 8. The number of carbonyl (C=O) groups is 3. The first kappa shape index (κ1) is 26.4. The van der Waals surface area contributed by atoms with Gasteiger partial charge in [-0.1, -0.05) is 37.7 Å². The van der Waals surface area contributed by atoms with Crippen LogP contribution in [-0.4, -0.2) is 73.5 Å². The van der Waals surface area contributed by atoms with E-state index < -0.39 is 29.2 Å². The maximum atomic E-state index is 13.0. The number of hydrogen-bond donors (Lipinski definition) is 3. The molecule has 0 aromatic carbocycles. The number of anilines is 1. The fraction of sp³-hybridized carbons (Fsp3) is 0.429. The second kappa shape index (κ2) is 10.4. The molecule has 1 saturated heterocycles. The summed E-state index contributed by atoms with van der Waals surface area (Å²) in [4.78, 5) is 52.7. The van der Waals surface area contributed by atoms with Gasteiger partial charge in [0.15, 0.2) is 10.8 Å². The van der Waals surface area contributed by atoms with Crippen LogP contribution in [0, 0.1) is 0 Å². The summed E-state index contributed by atoms with van der Waals surface area (Å²) in [5.74, 6) is -1.53. The number of nitrogen functional groups attached to an aromatic ring is 1. The molecule has 2 atom stereocenters. The molecular weight excluding hydrogens is 545 g/mol. The van der Waals surface area contributed by atoms with Gasteiger partial charge in [0.25, 0.3) is 11.8 Å². The maximum absolute atomic E-state index is 13.0. The number of thiazole rings is 2. The minimum atomic E-state index is -1.18. The highest BCUT2D eigenvalue weighted by Crippen LogP contribution is 2.42. The normalized spacial score (nSPS) is 20.2. The Morgan fingerprint density at radius 2 is 2.08 bits per heavy atom. The molecule has 11 nitrogen and oxygen atoms in total. The predicted molar refractivity (Wildman–Crippen MR) is 141 cm³/mol. The topological polar surface area (TPSA) is 160 Å². The van der Waals surface area contributed by atoms with E-state index in [9.17, 15) is 19.5 Å². The first-order valence-electron chi connectivity index (χ1n) is 10.6. The Morgan fingerprint density at radius 3 is 2.67 bits per heavy atom. The van der Waals surface area contributed by atoms with E-state index in [0.717, 1.165) is 21.4 Å². The molecule has 1 unspecified atom stereocenters. The monoisotopic (exact) mass is 568 g/mol. The lowest BCUT2D eigenvalue weighted by Gasteiger charge is -2.49. The number of nitrogens with zero attached hydrogens (tertiary/aromatic N) is 4. The van der Waals surface area contributed by atoms with Gasteiger partial charge in [-0.25, -0.2) is 14.8 Å². The quantitative estimate of drug-likeness (QED) is 0.187. The van der Waals surface area contributed by atoms with Crippen LogP contribution in [0.2, 0.25) is 0 Å². The fourth-order valence-electron chi connectivity index (χ4n) is 3.51. The van der Waals surface area contributed by atoms with Gasteiger partial charge < -0.3 is 21.0 Å². The number of carboxylic acid groups (broad SMARTS) is 1. The third kappa shape index (κ3) is 5.23. The van der Waals surface area contributed by atoms with Gasteiger partial charge in [-0.05, 0) is 5.57 Å². The molecule has 2 amide bonds. The standard InChI is InChI=1S/C21H24N6O5S4/c1-21(2,3)11-8-36-20(24-11)35-6-9-5-33-17-13(16(29)27(17)14(9)18(30)31)25-15(28)12(26-32-4)10-7-34-19(22)23-10/h7-8,13,17H,5-6H2,1-4H3,(H2,22,23)(H,25,28)(H,30,31)/t13?,17-/m0/s1. The number of amides is 2. The highest BCUT2D eigenvalue weighted by molar-refractivity contribution is 8.01. The number of hydrogen-bond acceptors (Lipinski definition) is 12. The van der Waals surface area contributed by atoms with Crippen LogP contribution in [0.25, 0.3) is 0 Å². The zero-order chi connectivity index (χ0) is 26.2. The molecule has 2 aliphatic heterocycles. The van der Waals surface area contributed by atoms with Crippen LogP contribution in [0.3, 0.4) is 0 Å². The van der Waals surface area contributed by atoms with Crippen LogP contribution in [0.15, 0.2) is 31.5 Å². The number of β-lactam (4-membered cyclic amide) rings is 1. The van der Waals surface area contributed by atoms with E-state index in [1.54, 1.807) is 5.38 Å². The number of aromatic nitrogens is 2. The van der Waals surface area contributed by atoms with Crippen molar-refractivity contribution in [2.45, 2.75) is 41.9 Å². The van der Waals surface area contributed by atoms with Crippen molar-refractivity contribution in [3.8, 4) is 0 Å². The summed E-state index contributed by atoms with van der Waals surface area (Å²) < 4.78 is 0.844. The van der Waals surface area contributed by atoms with Crippen LogP contribution >= 0.6 is 46.2 Å². The highest BCUT2D eigenvalue weighted by atomic mass is 32.2. The van der Waals surface area contributed by atoms with Crippen LogP contribution in [-0.2, 0) is 24.6 Å². The molecular formula is C21H24N6O5S4. The third-order valence-electron chi connectivity index (χ3n) is 5.32.